The van der Waals surface area contributed by atoms with E-state index in [1.807, 2.05) is 6.07 Å². The topological polar surface area (TPSA) is 47.3 Å². The van der Waals surface area contributed by atoms with Crippen LogP contribution < -0.4 is 4.90 Å². The second-order valence-corrected chi connectivity index (χ2v) is 8.23. The van der Waals surface area contributed by atoms with Crippen LogP contribution in [-0.2, 0) is 11.2 Å². The molecule has 0 unspecified atom stereocenters. The number of fused-ring (bicyclic) bond motifs is 1. The molecule has 0 saturated carbocycles. The molecule has 1 fully saturated rings. The molecule has 0 aliphatic carbocycles. The molecule has 4 rings (SSSR count). The Labute approximate surface area is 170 Å². The Morgan fingerprint density at radius 1 is 1.21 bits per heavy atom. The number of amides is 1. The first-order valence-corrected chi connectivity index (χ1v) is 10.6. The van der Waals surface area contributed by atoms with Crippen LogP contribution in [0.25, 0.3) is 0 Å². The number of allylic oxidation sites excluding steroid dienone is 1. The van der Waals surface area contributed by atoms with Crippen LogP contribution in [0.5, 0.6) is 0 Å². The molecule has 1 amide bonds. The maximum absolute atomic E-state index is 13.0. The largest absolute Gasteiger partial charge is 0.344 e. The van der Waals surface area contributed by atoms with E-state index in [-0.39, 0.29) is 11.8 Å². The van der Waals surface area contributed by atoms with Crippen LogP contribution in [0.3, 0.4) is 0 Å². The fourth-order valence-electron chi connectivity index (χ4n) is 3.82. The molecule has 5 heteroatoms. The van der Waals surface area contributed by atoms with E-state index in [0.29, 0.717) is 13.1 Å². The molecule has 0 bridgehead atoms. The molecule has 2 heterocycles. The monoisotopic (exact) mass is 389 g/mol. The lowest BCUT2D eigenvalue weighted by molar-refractivity contribution is -0.129. The first kappa shape index (κ1) is 18.6. The van der Waals surface area contributed by atoms with Crippen molar-refractivity contribution >= 4 is 23.4 Å². The van der Waals surface area contributed by atoms with Crippen LogP contribution in [0.2, 0.25) is 0 Å². The van der Waals surface area contributed by atoms with Crippen molar-refractivity contribution in [2.75, 3.05) is 17.4 Å². The molecule has 1 atom stereocenters. The minimum atomic E-state index is -0.146. The van der Waals surface area contributed by atoms with E-state index in [4.69, 9.17) is 0 Å². The van der Waals surface area contributed by atoms with E-state index in [0.717, 1.165) is 34.2 Å². The zero-order chi connectivity index (χ0) is 19.7. The molecule has 2 aromatic carbocycles. The number of nitrogens with zero attached hydrogens (tertiary/aromatic N) is 3. The van der Waals surface area contributed by atoms with Crippen molar-refractivity contribution in [3.05, 3.63) is 75.8 Å². The Bertz CT molecular complexity index is 974. The number of carbonyl (C=O) groups is 1. The molecule has 0 N–H and O–H groups in total. The Balaban J connectivity index is 1.65. The van der Waals surface area contributed by atoms with E-state index in [2.05, 4.69) is 67.3 Å². The summed E-state index contributed by atoms with van der Waals surface area (Å²) in [4.78, 5) is 17.0. The van der Waals surface area contributed by atoms with Crippen molar-refractivity contribution in [1.82, 2.24) is 4.90 Å². The lowest BCUT2D eigenvalue weighted by Crippen LogP contribution is -2.47. The van der Waals surface area contributed by atoms with Crippen molar-refractivity contribution in [3.8, 4) is 6.07 Å². The van der Waals surface area contributed by atoms with Crippen molar-refractivity contribution in [2.24, 2.45) is 0 Å². The lowest BCUT2D eigenvalue weighted by Gasteiger charge is -2.42. The van der Waals surface area contributed by atoms with Gasteiger partial charge in [-0.15, -0.1) is 0 Å². The molecule has 0 spiro atoms. The summed E-state index contributed by atoms with van der Waals surface area (Å²) in [5.41, 5.74) is 5.34. The molecule has 142 valence electrons. The number of rotatable bonds is 3. The molecule has 4 nitrogen and oxygen atoms in total. The molecular weight excluding hydrogens is 366 g/mol. The molecule has 2 aliphatic rings. The van der Waals surface area contributed by atoms with E-state index in [1.165, 1.54) is 11.1 Å². The third-order valence-electron chi connectivity index (χ3n) is 5.45. The van der Waals surface area contributed by atoms with Gasteiger partial charge in [-0.3, -0.25) is 9.69 Å². The van der Waals surface area contributed by atoms with E-state index in [9.17, 15) is 10.1 Å². The average molecular weight is 390 g/mol. The standard InChI is InChI=1S/C23H23N3OS/c1-3-17-7-9-18(10-8-17)20-12-22(27)26-14-25(15-28-23(26)21(20)13-24)19-6-4-5-16(2)11-19/h4-11,20H,3,12,14-15H2,1-2H3/t20-/m1/s1. The highest BCUT2D eigenvalue weighted by molar-refractivity contribution is 8.03. The minimum absolute atomic E-state index is 0.0865. The van der Waals surface area contributed by atoms with Gasteiger partial charge < -0.3 is 4.90 Å². The van der Waals surface area contributed by atoms with Gasteiger partial charge in [0.2, 0.25) is 5.91 Å². The number of carbonyl (C=O) groups excluding carboxylic acids is 1. The summed E-state index contributed by atoms with van der Waals surface area (Å²) in [7, 11) is 0. The predicted octanol–water partition coefficient (Wildman–Crippen LogP) is 4.78. The van der Waals surface area contributed by atoms with Crippen LogP contribution in [-0.4, -0.2) is 23.4 Å². The molecule has 1 saturated heterocycles. The predicted molar refractivity (Wildman–Crippen MR) is 114 cm³/mol. The van der Waals surface area contributed by atoms with E-state index >= 15 is 0 Å². The number of thioether (sulfide) groups is 1. The number of hydrogen-bond donors (Lipinski definition) is 0. The van der Waals surface area contributed by atoms with Gasteiger partial charge in [0.1, 0.15) is 0 Å². The van der Waals surface area contributed by atoms with E-state index < -0.39 is 0 Å². The number of aryl methyl sites for hydroxylation is 2. The first-order chi connectivity index (χ1) is 13.6. The maximum Gasteiger partial charge on any atom is 0.229 e. The average Bonchev–Trinajstić information content (AvgIpc) is 2.73. The second-order valence-electron chi connectivity index (χ2n) is 7.30. The van der Waals surface area contributed by atoms with Gasteiger partial charge in [0.15, 0.2) is 0 Å². The van der Waals surface area contributed by atoms with Gasteiger partial charge in [-0.25, -0.2) is 0 Å². The SMILES string of the molecule is CCc1ccc([C@H]2CC(=O)N3CN(c4cccc(C)c4)CSC3=C2C#N)cc1. The molecule has 0 aromatic heterocycles. The summed E-state index contributed by atoms with van der Waals surface area (Å²) in [6.07, 6.45) is 1.33. The van der Waals surface area contributed by atoms with Crippen LogP contribution in [0.4, 0.5) is 5.69 Å². The Morgan fingerprint density at radius 3 is 2.68 bits per heavy atom. The highest BCUT2D eigenvalue weighted by Crippen LogP contribution is 2.43. The normalized spacial score (nSPS) is 19.5. The summed E-state index contributed by atoms with van der Waals surface area (Å²) in [6.45, 7) is 4.69. The van der Waals surface area contributed by atoms with Gasteiger partial charge in [0.05, 0.1) is 29.2 Å². The van der Waals surface area contributed by atoms with Crippen LogP contribution in [0.1, 0.15) is 36.0 Å². The zero-order valence-corrected chi connectivity index (χ0v) is 17.0. The van der Waals surface area contributed by atoms with E-state index in [1.54, 1.807) is 16.7 Å². The number of benzene rings is 2. The summed E-state index contributed by atoms with van der Waals surface area (Å²) < 4.78 is 0. The summed E-state index contributed by atoms with van der Waals surface area (Å²) >= 11 is 1.59. The molecule has 2 aliphatic heterocycles. The number of nitriles is 1. The van der Waals surface area contributed by atoms with Crippen molar-refractivity contribution in [3.63, 3.8) is 0 Å². The van der Waals surface area contributed by atoms with Crippen molar-refractivity contribution < 1.29 is 4.79 Å². The van der Waals surface area contributed by atoms with Gasteiger partial charge in [0.25, 0.3) is 0 Å². The summed E-state index contributed by atoms with van der Waals surface area (Å²) in [5, 5.41) is 10.7. The molecule has 28 heavy (non-hydrogen) atoms. The lowest BCUT2D eigenvalue weighted by atomic mass is 9.86. The highest BCUT2D eigenvalue weighted by atomic mass is 32.2. The third kappa shape index (κ3) is 3.41. The van der Waals surface area contributed by atoms with Gasteiger partial charge in [-0.1, -0.05) is 55.1 Å². The Morgan fingerprint density at radius 2 is 2.00 bits per heavy atom. The van der Waals surface area contributed by atoms with Crippen LogP contribution >= 0.6 is 11.8 Å². The highest BCUT2D eigenvalue weighted by Gasteiger charge is 2.38. The number of hydrogen-bond acceptors (Lipinski definition) is 4. The molecule has 0 radical (unpaired) electrons. The third-order valence-corrected chi connectivity index (χ3v) is 6.61. The van der Waals surface area contributed by atoms with Crippen molar-refractivity contribution in [1.29, 1.82) is 5.26 Å². The van der Waals surface area contributed by atoms with Gasteiger partial charge >= 0.3 is 0 Å². The van der Waals surface area contributed by atoms with Gasteiger partial charge in [0, 0.05) is 18.0 Å². The van der Waals surface area contributed by atoms with Crippen molar-refractivity contribution in [2.45, 2.75) is 32.6 Å². The fourth-order valence-corrected chi connectivity index (χ4v) is 4.99. The smallest absolute Gasteiger partial charge is 0.229 e. The first-order valence-electron chi connectivity index (χ1n) is 9.58. The minimum Gasteiger partial charge on any atom is -0.344 e. The summed E-state index contributed by atoms with van der Waals surface area (Å²) in [5.74, 6) is 0.672. The summed E-state index contributed by atoms with van der Waals surface area (Å²) in [6, 6.07) is 19.0. The Kier molecular flexibility index (Phi) is 5.15. The van der Waals surface area contributed by atoms with Crippen LogP contribution in [0.15, 0.2) is 59.1 Å². The second kappa shape index (κ2) is 7.73. The molecular formula is C23H23N3OS. The maximum atomic E-state index is 13.0. The quantitative estimate of drug-likeness (QED) is 0.758. The Hall–Kier alpha value is -2.71. The van der Waals surface area contributed by atoms with Gasteiger partial charge in [-0.05, 0) is 42.2 Å². The fraction of sp³-hybridized carbons (Fsp3) is 0.304. The van der Waals surface area contributed by atoms with Gasteiger partial charge in [-0.2, -0.15) is 5.26 Å². The van der Waals surface area contributed by atoms with Crippen LogP contribution in [0, 0.1) is 18.3 Å². The number of anilines is 1. The zero-order valence-electron chi connectivity index (χ0n) is 16.2. The molecule has 2 aromatic rings.